The van der Waals surface area contributed by atoms with Gasteiger partial charge in [0.25, 0.3) is 0 Å². The minimum absolute atomic E-state index is 0.0173. The van der Waals surface area contributed by atoms with E-state index in [4.69, 9.17) is 5.73 Å². The summed E-state index contributed by atoms with van der Waals surface area (Å²) < 4.78 is 1.82. The number of aromatic nitrogens is 3. The van der Waals surface area contributed by atoms with Crippen LogP contribution in [-0.2, 0) is 0 Å². The van der Waals surface area contributed by atoms with Crippen LogP contribution in [0.5, 0.6) is 0 Å². The van der Waals surface area contributed by atoms with Gasteiger partial charge >= 0.3 is 0 Å². The molecule has 2 aromatic heterocycles. The topological polar surface area (TPSA) is 56.7 Å². The van der Waals surface area contributed by atoms with E-state index >= 15 is 0 Å². The first-order chi connectivity index (χ1) is 6.70. The van der Waals surface area contributed by atoms with E-state index in [2.05, 4.69) is 10.1 Å². The summed E-state index contributed by atoms with van der Waals surface area (Å²) in [7, 11) is 0. The fourth-order valence-corrected chi connectivity index (χ4v) is 2.03. The lowest BCUT2D eigenvalue weighted by atomic mass is 10.1. The summed E-state index contributed by atoms with van der Waals surface area (Å²) in [5.41, 5.74) is 7.95. The Kier molecular flexibility index (Phi) is 2.35. The van der Waals surface area contributed by atoms with Crippen molar-refractivity contribution >= 4 is 11.3 Å². The average Bonchev–Trinajstić information content (AvgIpc) is 2.71. The van der Waals surface area contributed by atoms with Crippen LogP contribution in [-0.4, -0.2) is 14.8 Å². The Morgan fingerprint density at radius 2 is 2.36 bits per heavy atom. The van der Waals surface area contributed by atoms with Gasteiger partial charge in [0.15, 0.2) is 0 Å². The summed E-state index contributed by atoms with van der Waals surface area (Å²) in [6.45, 7) is 3.96. The molecule has 74 valence electrons. The maximum Gasteiger partial charge on any atom is 0.210 e. The fourth-order valence-electron chi connectivity index (χ4n) is 1.38. The lowest BCUT2D eigenvalue weighted by molar-refractivity contribution is 0.794. The third-order valence-corrected chi connectivity index (χ3v) is 2.89. The molecule has 0 spiro atoms. The number of hydrogen-bond donors (Lipinski definition) is 1. The average molecular weight is 208 g/mol. The smallest absolute Gasteiger partial charge is 0.210 e. The Morgan fingerprint density at radius 3 is 2.86 bits per heavy atom. The van der Waals surface area contributed by atoms with Gasteiger partial charge in [-0.3, -0.25) is 0 Å². The van der Waals surface area contributed by atoms with Crippen molar-refractivity contribution in [2.75, 3.05) is 0 Å². The standard InChI is InChI=1S/C9H12N4S/c1-6(10)8-5-12-13(7(8)2)9-11-3-4-14-9/h3-6H,10H2,1-2H3. The van der Waals surface area contributed by atoms with E-state index in [1.807, 2.05) is 23.9 Å². The first-order valence-corrected chi connectivity index (χ1v) is 5.28. The number of rotatable bonds is 2. The molecular weight excluding hydrogens is 196 g/mol. The van der Waals surface area contributed by atoms with Gasteiger partial charge in [0.1, 0.15) is 0 Å². The molecule has 1 unspecified atom stereocenters. The minimum Gasteiger partial charge on any atom is -0.324 e. The monoisotopic (exact) mass is 208 g/mol. The van der Waals surface area contributed by atoms with E-state index in [1.54, 1.807) is 23.7 Å². The second-order valence-electron chi connectivity index (χ2n) is 3.20. The van der Waals surface area contributed by atoms with Gasteiger partial charge < -0.3 is 5.73 Å². The molecule has 2 N–H and O–H groups in total. The van der Waals surface area contributed by atoms with E-state index in [1.165, 1.54) is 0 Å². The van der Waals surface area contributed by atoms with E-state index in [9.17, 15) is 0 Å². The van der Waals surface area contributed by atoms with E-state index in [0.29, 0.717) is 0 Å². The highest BCUT2D eigenvalue weighted by Gasteiger charge is 2.11. The second kappa shape index (κ2) is 3.51. The van der Waals surface area contributed by atoms with Crippen LogP contribution in [0.3, 0.4) is 0 Å². The molecule has 0 fully saturated rings. The summed E-state index contributed by atoms with van der Waals surface area (Å²) in [5, 5.41) is 7.08. The zero-order valence-electron chi connectivity index (χ0n) is 8.14. The summed E-state index contributed by atoms with van der Waals surface area (Å²) in [6.07, 6.45) is 3.58. The van der Waals surface area contributed by atoms with Gasteiger partial charge in [-0.2, -0.15) is 5.10 Å². The molecule has 2 rings (SSSR count). The van der Waals surface area contributed by atoms with Gasteiger partial charge in [0.2, 0.25) is 5.13 Å². The first kappa shape index (κ1) is 9.36. The maximum atomic E-state index is 5.81. The van der Waals surface area contributed by atoms with Crippen molar-refractivity contribution in [3.05, 3.63) is 29.0 Å². The van der Waals surface area contributed by atoms with Crippen LogP contribution in [0.1, 0.15) is 24.2 Å². The van der Waals surface area contributed by atoms with E-state index in [-0.39, 0.29) is 6.04 Å². The second-order valence-corrected chi connectivity index (χ2v) is 4.07. The predicted molar refractivity (Wildman–Crippen MR) is 56.6 cm³/mol. The Labute approximate surface area is 86.4 Å². The maximum absolute atomic E-state index is 5.81. The SMILES string of the molecule is Cc1c(C(C)N)cnn1-c1nccs1. The van der Waals surface area contributed by atoms with Crippen LogP contribution in [0.15, 0.2) is 17.8 Å². The van der Waals surface area contributed by atoms with Gasteiger partial charge in [-0.15, -0.1) is 11.3 Å². The van der Waals surface area contributed by atoms with Crippen molar-refractivity contribution in [3.63, 3.8) is 0 Å². The molecule has 14 heavy (non-hydrogen) atoms. The molecule has 0 saturated heterocycles. The molecule has 4 nitrogen and oxygen atoms in total. The van der Waals surface area contributed by atoms with E-state index in [0.717, 1.165) is 16.4 Å². The van der Waals surface area contributed by atoms with E-state index < -0.39 is 0 Å². The zero-order chi connectivity index (χ0) is 10.1. The van der Waals surface area contributed by atoms with Crippen molar-refractivity contribution in [3.8, 4) is 5.13 Å². The van der Waals surface area contributed by atoms with Gasteiger partial charge in [-0.05, 0) is 13.8 Å². The van der Waals surface area contributed by atoms with Crippen molar-refractivity contribution in [2.24, 2.45) is 5.73 Å². The highest BCUT2D eigenvalue weighted by Crippen LogP contribution is 2.19. The minimum atomic E-state index is 0.0173. The highest BCUT2D eigenvalue weighted by atomic mass is 32.1. The van der Waals surface area contributed by atoms with Crippen LogP contribution in [0.2, 0.25) is 0 Å². The summed E-state index contributed by atoms with van der Waals surface area (Å²) >= 11 is 1.56. The van der Waals surface area contributed by atoms with Gasteiger partial charge in [0.05, 0.1) is 6.20 Å². The molecule has 2 aromatic rings. The number of nitrogens with zero attached hydrogens (tertiary/aromatic N) is 3. The lowest BCUT2D eigenvalue weighted by Crippen LogP contribution is -2.06. The normalized spacial score (nSPS) is 13.1. The number of thiazole rings is 1. The van der Waals surface area contributed by atoms with Crippen molar-refractivity contribution in [2.45, 2.75) is 19.9 Å². The molecular formula is C9H12N4S. The molecule has 0 aliphatic carbocycles. The first-order valence-electron chi connectivity index (χ1n) is 4.40. The quantitative estimate of drug-likeness (QED) is 0.816. The van der Waals surface area contributed by atoms with Crippen LogP contribution < -0.4 is 5.73 Å². The molecule has 0 bridgehead atoms. The fraction of sp³-hybridized carbons (Fsp3) is 0.333. The molecule has 0 saturated carbocycles. The molecule has 5 heteroatoms. The zero-order valence-corrected chi connectivity index (χ0v) is 8.95. The molecule has 0 amide bonds. The van der Waals surface area contributed by atoms with Crippen LogP contribution in [0.4, 0.5) is 0 Å². The van der Waals surface area contributed by atoms with Crippen LogP contribution in [0.25, 0.3) is 5.13 Å². The third kappa shape index (κ3) is 1.44. The summed E-state index contributed by atoms with van der Waals surface area (Å²) in [6, 6.07) is 0.0173. The molecule has 0 aliphatic heterocycles. The predicted octanol–water partition coefficient (Wildman–Crippen LogP) is 1.66. The summed E-state index contributed by atoms with van der Waals surface area (Å²) in [5.74, 6) is 0. The Morgan fingerprint density at radius 1 is 1.57 bits per heavy atom. The molecule has 0 aromatic carbocycles. The molecule has 1 atom stereocenters. The molecule has 2 heterocycles. The Balaban J connectivity index is 2.47. The van der Waals surface area contributed by atoms with Crippen molar-refractivity contribution in [1.29, 1.82) is 0 Å². The van der Waals surface area contributed by atoms with Crippen LogP contribution in [0, 0.1) is 6.92 Å². The lowest BCUT2D eigenvalue weighted by Gasteiger charge is -2.04. The molecule has 0 aliphatic rings. The Hall–Kier alpha value is -1.20. The van der Waals surface area contributed by atoms with Gasteiger partial charge in [-0.25, -0.2) is 9.67 Å². The number of nitrogens with two attached hydrogens (primary N) is 1. The number of hydrogen-bond acceptors (Lipinski definition) is 4. The third-order valence-electron chi connectivity index (χ3n) is 2.14. The van der Waals surface area contributed by atoms with Crippen molar-refractivity contribution < 1.29 is 0 Å². The Bertz CT molecular complexity index is 416. The van der Waals surface area contributed by atoms with Crippen LogP contribution >= 0.6 is 11.3 Å². The largest absolute Gasteiger partial charge is 0.324 e. The van der Waals surface area contributed by atoms with Gasteiger partial charge in [-0.1, -0.05) is 0 Å². The molecule has 0 radical (unpaired) electrons. The van der Waals surface area contributed by atoms with Gasteiger partial charge in [0, 0.05) is 28.9 Å². The summed E-state index contributed by atoms with van der Waals surface area (Å²) in [4.78, 5) is 4.20. The van der Waals surface area contributed by atoms with Crippen molar-refractivity contribution in [1.82, 2.24) is 14.8 Å². The highest BCUT2D eigenvalue weighted by molar-refractivity contribution is 7.12.